The van der Waals surface area contributed by atoms with Gasteiger partial charge in [0.15, 0.2) is 0 Å². The molecule has 2 rings (SSSR count). The summed E-state index contributed by atoms with van der Waals surface area (Å²) in [4.78, 5) is 13.9. The van der Waals surface area contributed by atoms with Gasteiger partial charge in [0.25, 0.3) is 5.56 Å². The second-order valence-electron chi connectivity index (χ2n) is 3.79. The van der Waals surface area contributed by atoms with Crippen molar-refractivity contribution in [1.82, 2.24) is 15.2 Å². The number of hydrogen-bond acceptors (Lipinski definition) is 4. The molecule has 0 fully saturated rings. The molecule has 0 radical (unpaired) electrons. The number of aryl methyl sites for hydroxylation is 1. The Hall–Kier alpha value is -2.38. The van der Waals surface area contributed by atoms with Gasteiger partial charge < -0.3 is 10.3 Å². The fourth-order valence-corrected chi connectivity index (χ4v) is 1.41. The van der Waals surface area contributed by atoms with Crippen molar-refractivity contribution in [3.8, 4) is 0 Å². The summed E-state index contributed by atoms with van der Waals surface area (Å²) in [5.41, 5.74) is -1.25. The largest absolute Gasteiger partial charge is 0.416 e. The van der Waals surface area contributed by atoms with Gasteiger partial charge in [-0.25, -0.2) is 0 Å². The zero-order chi connectivity index (χ0) is 14.0. The lowest BCUT2D eigenvalue weighted by Gasteiger charge is -2.09. The van der Waals surface area contributed by atoms with Crippen molar-refractivity contribution in [3.63, 3.8) is 0 Å². The molecule has 0 spiro atoms. The van der Waals surface area contributed by atoms with Crippen molar-refractivity contribution >= 4 is 11.5 Å². The van der Waals surface area contributed by atoms with Crippen LogP contribution in [0.4, 0.5) is 24.7 Å². The van der Waals surface area contributed by atoms with Crippen LogP contribution in [0.5, 0.6) is 0 Å². The topological polar surface area (TPSA) is 70.7 Å². The molecule has 2 N–H and O–H groups in total. The number of halogens is 3. The van der Waals surface area contributed by atoms with E-state index in [9.17, 15) is 18.0 Å². The van der Waals surface area contributed by atoms with Gasteiger partial charge in [-0.1, -0.05) is 6.07 Å². The lowest BCUT2D eigenvalue weighted by atomic mass is 10.2. The van der Waals surface area contributed by atoms with Crippen molar-refractivity contribution in [3.05, 3.63) is 46.0 Å². The minimum absolute atomic E-state index is 0.110. The number of alkyl halides is 3. The number of aromatic nitrogens is 3. The molecule has 5 nitrogen and oxygen atoms in total. The van der Waals surface area contributed by atoms with E-state index in [1.165, 1.54) is 12.1 Å². The molecule has 0 unspecified atom stereocenters. The summed E-state index contributed by atoms with van der Waals surface area (Å²) in [6, 6.07) is 4.47. The average molecular weight is 270 g/mol. The van der Waals surface area contributed by atoms with Gasteiger partial charge in [0, 0.05) is 5.69 Å². The number of nitrogens with one attached hydrogen (secondary N) is 2. The van der Waals surface area contributed by atoms with E-state index in [2.05, 4.69) is 20.5 Å². The smallest absolute Gasteiger partial charge is 0.334 e. The van der Waals surface area contributed by atoms with Gasteiger partial charge in [0.1, 0.15) is 5.82 Å². The molecule has 2 aromatic rings. The van der Waals surface area contributed by atoms with Crippen LogP contribution in [0.2, 0.25) is 0 Å². The zero-order valence-electron chi connectivity index (χ0n) is 9.75. The highest BCUT2D eigenvalue weighted by atomic mass is 19.4. The first-order valence-corrected chi connectivity index (χ1v) is 5.24. The first kappa shape index (κ1) is 13.1. The molecular formula is C11H9F3N4O. The quantitative estimate of drug-likeness (QED) is 0.878. The molecule has 1 aromatic carbocycles. The molecule has 0 aliphatic carbocycles. The van der Waals surface area contributed by atoms with Gasteiger partial charge in [-0.3, -0.25) is 4.79 Å². The van der Waals surface area contributed by atoms with Crippen molar-refractivity contribution in [1.29, 1.82) is 0 Å². The highest BCUT2D eigenvalue weighted by molar-refractivity contribution is 5.56. The Kier molecular flexibility index (Phi) is 3.24. The number of benzene rings is 1. The molecule has 1 aromatic heterocycles. The summed E-state index contributed by atoms with van der Waals surface area (Å²) in [5.74, 6) is 0.157. The van der Waals surface area contributed by atoms with E-state index in [4.69, 9.17) is 0 Å². The van der Waals surface area contributed by atoms with Crippen molar-refractivity contribution in [2.45, 2.75) is 13.1 Å². The Morgan fingerprint density at radius 2 is 2.00 bits per heavy atom. The van der Waals surface area contributed by atoms with E-state index in [0.29, 0.717) is 5.82 Å². The van der Waals surface area contributed by atoms with Crippen molar-refractivity contribution in [2.24, 2.45) is 0 Å². The Morgan fingerprint density at radius 1 is 1.26 bits per heavy atom. The van der Waals surface area contributed by atoms with E-state index in [1.54, 1.807) is 6.92 Å². The molecule has 0 aliphatic heterocycles. The first-order chi connectivity index (χ1) is 8.86. The Balaban J connectivity index is 2.31. The number of nitrogens with zero attached hydrogens (tertiary/aromatic N) is 2. The molecule has 0 saturated heterocycles. The number of hydrogen-bond donors (Lipinski definition) is 2. The fourth-order valence-electron chi connectivity index (χ4n) is 1.41. The van der Waals surface area contributed by atoms with Crippen LogP contribution < -0.4 is 10.9 Å². The number of H-pyrrole nitrogens is 1. The van der Waals surface area contributed by atoms with Crippen LogP contribution in [0, 0.1) is 6.92 Å². The lowest BCUT2D eigenvalue weighted by molar-refractivity contribution is -0.137. The van der Waals surface area contributed by atoms with Gasteiger partial charge in [0.05, 0.1) is 5.56 Å². The van der Waals surface area contributed by atoms with Crippen LogP contribution in [0.25, 0.3) is 0 Å². The van der Waals surface area contributed by atoms with E-state index < -0.39 is 17.3 Å². The van der Waals surface area contributed by atoms with Crippen LogP contribution >= 0.6 is 0 Å². The van der Waals surface area contributed by atoms with Gasteiger partial charge in [-0.05, 0) is 25.1 Å². The highest BCUT2D eigenvalue weighted by Crippen LogP contribution is 2.30. The summed E-state index contributed by atoms with van der Waals surface area (Å²) in [6.07, 6.45) is -4.44. The van der Waals surface area contributed by atoms with E-state index in [0.717, 1.165) is 12.1 Å². The number of aromatic amines is 1. The molecule has 1 heterocycles. The maximum atomic E-state index is 12.5. The summed E-state index contributed by atoms with van der Waals surface area (Å²) in [5, 5.41) is 9.69. The molecule has 19 heavy (non-hydrogen) atoms. The predicted molar refractivity (Wildman–Crippen MR) is 62.1 cm³/mol. The summed E-state index contributed by atoms with van der Waals surface area (Å²) < 4.78 is 37.5. The molecule has 0 atom stereocenters. The number of anilines is 2. The second kappa shape index (κ2) is 4.71. The normalized spacial score (nSPS) is 11.4. The van der Waals surface area contributed by atoms with Crippen molar-refractivity contribution < 1.29 is 13.2 Å². The van der Waals surface area contributed by atoms with Crippen molar-refractivity contribution in [2.75, 3.05) is 5.32 Å². The average Bonchev–Trinajstić information content (AvgIpc) is 2.32. The second-order valence-corrected chi connectivity index (χ2v) is 3.79. The van der Waals surface area contributed by atoms with E-state index >= 15 is 0 Å². The monoisotopic (exact) mass is 270 g/mol. The van der Waals surface area contributed by atoms with Crippen LogP contribution in [-0.4, -0.2) is 15.2 Å². The maximum Gasteiger partial charge on any atom is 0.416 e. The van der Waals surface area contributed by atoms with Crippen LogP contribution in [0.1, 0.15) is 11.4 Å². The standard InChI is InChI=1S/C11H9F3N4O/c1-6-15-10(19)9(18-17-6)16-8-4-2-3-7(5-8)11(12,13)14/h2-5H,1H3,(H,16,18)(H,15,17,19). The SMILES string of the molecule is Cc1nnc(Nc2cccc(C(F)(F)F)c2)c(=O)[nH]1. The highest BCUT2D eigenvalue weighted by Gasteiger charge is 2.30. The molecule has 0 aliphatic rings. The van der Waals surface area contributed by atoms with Crippen LogP contribution in [0.3, 0.4) is 0 Å². The third-order valence-corrected chi connectivity index (χ3v) is 2.26. The molecule has 8 heteroatoms. The third kappa shape index (κ3) is 3.09. The van der Waals surface area contributed by atoms with Gasteiger partial charge in [0.2, 0.25) is 5.82 Å². The summed E-state index contributed by atoms with van der Waals surface area (Å²) in [7, 11) is 0. The Bertz CT molecular complexity index is 651. The Morgan fingerprint density at radius 3 is 2.63 bits per heavy atom. The maximum absolute atomic E-state index is 12.5. The van der Waals surface area contributed by atoms with Gasteiger partial charge in [-0.2, -0.15) is 13.2 Å². The minimum atomic E-state index is -4.44. The fraction of sp³-hybridized carbons (Fsp3) is 0.182. The van der Waals surface area contributed by atoms with Gasteiger partial charge >= 0.3 is 6.18 Å². The Labute approximate surface area is 105 Å². The molecule has 0 saturated carbocycles. The molecule has 0 amide bonds. The summed E-state index contributed by atoms with van der Waals surface area (Å²) in [6.45, 7) is 1.54. The zero-order valence-corrected chi connectivity index (χ0v) is 9.75. The molecule has 0 bridgehead atoms. The molecular weight excluding hydrogens is 261 g/mol. The van der Waals surface area contributed by atoms with Crippen LogP contribution in [-0.2, 0) is 6.18 Å². The molecule has 100 valence electrons. The third-order valence-electron chi connectivity index (χ3n) is 2.26. The van der Waals surface area contributed by atoms with E-state index in [1.807, 2.05) is 0 Å². The summed E-state index contributed by atoms with van der Waals surface area (Å²) >= 11 is 0. The van der Waals surface area contributed by atoms with Gasteiger partial charge in [-0.15, -0.1) is 10.2 Å². The number of rotatable bonds is 2. The van der Waals surface area contributed by atoms with E-state index in [-0.39, 0.29) is 11.5 Å². The first-order valence-electron chi connectivity index (χ1n) is 5.24. The predicted octanol–water partition coefficient (Wildman–Crippen LogP) is 2.24. The van der Waals surface area contributed by atoms with Crippen LogP contribution in [0.15, 0.2) is 29.1 Å². The lowest BCUT2D eigenvalue weighted by Crippen LogP contribution is -2.16. The minimum Gasteiger partial charge on any atom is -0.334 e.